The first-order valence-corrected chi connectivity index (χ1v) is 8.41. The van der Waals surface area contributed by atoms with Gasteiger partial charge in [-0.2, -0.15) is 0 Å². The van der Waals surface area contributed by atoms with E-state index in [2.05, 4.69) is 36.8 Å². The second-order valence-electron chi connectivity index (χ2n) is 4.11. The molecule has 17 heavy (non-hydrogen) atoms. The van der Waals surface area contributed by atoms with E-state index in [1.807, 2.05) is 0 Å². The molecule has 0 saturated carbocycles. The normalized spacial score (nSPS) is 11.7. The van der Waals surface area contributed by atoms with Crippen molar-refractivity contribution in [1.82, 2.24) is 4.72 Å². The van der Waals surface area contributed by atoms with Crippen molar-refractivity contribution >= 4 is 21.8 Å². The molecule has 96 valence electrons. The van der Waals surface area contributed by atoms with Crippen molar-refractivity contribution < 1.29 is 8.42 Å². The molecule has 0 radical (unpaired) electrons. The predicted octanol–water partition coefficient (Wildman–Crippen LogP) is 2.33. The zero-order valence-electron chi connectivity index (χ0n) is 10.5. The molecular weight excluding hydrogens is 254 g/mol. The average Bonchev–Trinajstić information content (AvgIpc) is 2.21. The fraction of sp³-hybridized carbons (Fsp3) is 0.500. The number of benzene rings is 1. The van der Waals surface area contributed by atoms with E-state index in [1.165, 1.54) is 22.3 Å². The van der Waals surface area contributed by atoms with E-state index in [-0.39, 0.29) is 0 Å². The third-order valence-electron chi connectivity index (χ3n) is 2.43. The van der Waals surface area contributed by atoms with E-state index >= 15 is 0 Å². The molecule has 0 aliphatic carbocycles. The van der Waals surface area contributed by atoms with Crippen LogP contribution < -0.4 is 4.72 Å². The number of thioether (sulfide) groups is 1. The van der Waals surface area contributed by atoms with Gasteiger partial charge in [0.2, 0.25) is 10.0 Å². The van der Waals surface area contributed by atoms with Gasteiger partial charge < -0.3 is 0 Å². The van der Waals surface area contributed by atoms with Crippen LogP contribution in [-0.4, -0.2) is 27.0 Å². The summed E-state index contributed by atoms with van der Waals surface area (Å²) in [6, 6.07) is 6.40. The third-order valence-corrected chi connectivity index (χ3v) is 4.24. The molecule has 0 saturated heterocycles. The van der Waals surface area contributed by atoms with Crippen molar-refractivity contribution in [1.29, 1.82) is 0 Å². The van der Waals surface area contributed by atoms with Gasteiger partial charge in [-0.05, 0) is 49.3 Å². The molecule has 0 bridgehead atoms. The number of hydrogen-bond acceptors (Lipinski definition) is 3. The summed E-state index contributed by atoms with van der Waals surface area (Å²) < 4.78 is 24.1. The first-order valence-electron chi connectivity index (χ1n) is 5.53. The average molecular weight is 273 g/mol. The fourth-order valence-corrected chi connectivity index (χ4v) is 2.79. The van der Waals surface area contributed by atoms with Gasteiger partial charge in [-0.3, -0.25) is 0 Å². The van der Waals surface area contributed by atoms with Gasteiger partial charge in [0.25, 0.3) is 0 Å². The molecule has 0 aromatic heterocycles. The van der Waals surface area contributed by atoms with E-state index < -0.39 is 10.0 Å². The molecule has 0 atom stereocenters. The van der Waals surface area contributed by atoms with Gasteiger partial charge in [0, 0.05) is 11.4 Å². The van der Waals surface area contributed by atoms with Crippen LogP contribution in [0.3, 0.4) is 0 Å². The molecule has 0 spiro atoms. The molecule has 1 aromatic rings. The van der Waals surface area contributed by atoms with Gasteiger partial charge in [-0.1, -0.05) is 6.07 Å². The molecule has 3 nitrogen and oxygen atoms in total. The maximum absolute atomic E-state index is 10.8. The summed E-state index contributed by atoms with van der Waals surface area (Å²) in [7, 11) is -3.04. The Morgan fingerprint density at radius 1 is 1.24 bits per heavy atom. The lowest BCUT2D eigenvalue weighted by Gasteiger charge is -2.05. The number of hydrogen-bond donors (Lipinski definition) is 1. The maximum Gasteiger partial charge on any atom is 0.208 e. The minimum Gasteiger partial charge on any atom is -0.215 e. The highest BCUT2D eigenvalue weighted by Gasteiger charge is 2.00. The summed E-state index contributed by atoms with van der Waals surface area (Å²) in [5.41, 5.74) is 2.59. The van der Waals surface area contributed by atoms with Gasteiger partial charge in [-0.15, -0.1) is 11.8 Å². The van der Waals surface area contributed by atoms with Crippen LogP contribution in [0.15, 0.2) is 23.1 Å². The summed E-state index contributed by atoms with van der Waals surface area (Å²) >= 11 is 1.76. The number of nitrogens with one attached hydrogen (secondary N) is 1. The Balaban J connectivity index is 2.29. The summed E-state index contributed by atoms with van der Waals surface area (Å²) in [4.78, 5) is 1.24. The highest BCUT2D eigenvalue weighted by atomic mass is 32.2. The molecule has 0 amide bonds. The van der Waals surface area contributed by atoms with Gasteiger partial charge in [-0.25, -0.2) is 13.1 Å². The van der Waals surface area contributed by atoms with Crippen molar-refractivity contribution in [2.45, 2.75) is 25.2 Å². The molecule has 1 rings (SSSR count). The maximum atomic E-state index is 10.8. The lowest BCUT2D eigenvalue weighted by Crippen LogP contribution is -2.23. The Hall–Kier alpha value is -0.520. The highest BCUT2D eigenvalue weighted by molar-refractivity contribution is 7.99. The molecule has 5 heteroatoms. The molecule has 0 aliphatic heterocycles. The summed E-state index contributed by atoms with van der Waals surface area (Å²) in [6.45, 7) is 4.71. The molecular formula is C12H19NO2S2. The third kappa shape index (κ3) is 6.10. The van der Waals surface area contributed by atoms with Crippen LogP contribution in [0.4, 0.5) is 0 Å². The molecule has 0 aliphatic rings. The van der Waals surface area contributed by atoms with Gasteiger partial charge in [0.15, 0.2) is 0 Å². The highest BCUT2D eigenvalue weighted by Crippen LogP contribution is 2.21. The zero-order chi connectivity index (χ0) is 12.9. The Kier molecular flexibility index (Phi) is 5.49. The minimum atomic E-state index is -3.04. The molecule has 1 N–H and O–H groups in total. The molecule has 0 heterocycles. The SMILES string of the molecule is Cc1ccc(SCCCNS(C)(=O)=O)cc1C. The molecule has 0 unspecified atom stereocenters. The van der Waals surface area contributed by atoms with Crippen molar-refractivity contribution in [2.24, 2.45) is 0 Å². The minimum absolute atomic E-state index is 0.511. The van der Waals surface area contributed by atoms with Crippen LogP contribution >= 0.6 is 11.8 Å². The van der Waals surface area contributed by atoms with Gasteiger partial charge >= 0.3 is 0 Å². The zero-order valence-corrected chi connectivity index (χ0v) is 12.1. The first-order chi connectivity index (χ1) is 7.88. The van der Waals surface area contributed by atoms with Crippen molar-refractivity contribution in [2.75, 3.05) is 18.6 Å². The monoisotopic (exact) mass is 273 g/mol. The number of sulfonamides is 1. The van der Waals surface area contributed by atoms with Crippen LogP contribution in [0.5, 0.6) is 0 Å². The van der Waals surface area contributed by atoms with Crippen molar-refractivity contribution in [3.8, 4) is 0 Å². The van der Waals surface area contributed by atoms with E-state index in [0.717, 1.165) is 12.2 Å². The topological polar surface area (TPSA) is 46.2 Å². The van der Waals surface area contributed by atoms with Crippen LogP contribution in [0.2, 0.25) is 0 Å². The van der Waals surface area contributed by atoms with Gasteiger partial charge in [0.1, 0.15) is 0 Å². The van der Waals surface area contributed by atoms with Crippen molar-refractivity contribution in [3.63, 3.8) is 0 Å². The predicted molar refractivity (Wildman–Crippen MR) is 74.1 cm³/mol. The lowest BCUT2D eigenvalue weighted by atomic mass is 10.1. The van der Waals surface area contributed by atoms with Crippen LogP contribution in [-0.2, 0) is 10.0 Å². The fourth-order valence-electron chi connectivity index (χ4n) is 1.32. The van der Waals surface area contributed by atoms with Gasteiger partial charge in [0.05, 0.1) is 6.26 Å². The summed E-state index contributed by atoms with van der Waals surface area (Å²) in [5.74, 6) is 0.922. The van der Waals surface area contributed by atoms with Crippen LogP contribution in [0.1, 0.15) is 17.5 Å². The standard InChI is InChI=1S/C12H19NO2S2/c1-10-5-6-12(9-11(10)2)16-8-4-7-13-17(3,14)15/h5-6,9,13H,4,7-8H2,1-3H3. The smallest absolute Gasteiger partial charge is 0.208 e. The Morgan fingerprint density at radius 2 is 1.94 bits per heavy atom. The number of aryl methyl sites for hydroxylation is 2. The summed E-state index contributed by atoms with van der Waals surface area (Å²) in [5, 5.41) is 0. The lowest BCUT2D eigenvalue weighted by molar-refractivity contribution is 0.587. The number of rotatable bonds is 6. The van der Waals surface area contributed by atoms with Crippen LogP contribution in [0, 0.1) is 13.8 Å². The Morgan fingerprint density at radius 3 is 2.53 bits per heavy atom. The quantitative estimate of drug-likeness (QED) is 0.639. The first kappa shape index (κ1) is 14.5. The van der Waals surface area contributed by atoms with Crippen LogP contribution in [0.25, 0.3) is 0 Å². The van der Waals surface area contributed by atoms with E-state index in [4.69, 9.17) is 0 Å². The van der Waals surface area contributed by atoms with E-state index in [9.17, 15) is 8.42 Å². The summed E-state index contributed by atoms with van der Waals surface area (Å²) in [6.07, 6.45) is 2.02. The Labute approximate surface area is 108 Å². The van der Waals surface area contributed by atoms with E-state index in [0.29, 0.717) is 6.54 Å². The Bertz CT molecular complexity index is 469. The molecule has 1 aromatic carbocycles. The molecule has 0 fully saturated rings. The second kappa shape index (κ2) is 6.42. The van der Waals surface area contributed by atoms with E-state index in [1.54, 1.807) is 11.8 Å². The largest absolute Gasteiger partial charge is 0.215 e. The van der Waals surface area contributed by atoms with Crippen molar-refractivity contribution in [3.05, 3.63) is 29.3 Å². The second-order valence-corrected chi connectivity index (χ2v) is 7.12.